The lowest BCUT2D eigenvalue weighted by Gasteiger charge is -2.16. The van der Waals surface area contributed by atoms with E-state index in [0.717, 1.165) is 6.54 Å². The maximum Gasteiger partial charge on any atom is 0.0523 e. The molecule has 0 saturated carbocycles. The molecule has 1 N–H and O–H groups in total. The molecule has 0 aliphatic heterocycles. The average Bonchev–Trinajstić information content (AvgIpc) is 2.18. The van der Waals surface area contributed by atoms with E-state index in [4.69, 9.17) is 5.21 Å². The fourth-order valence-electron chi connectivity index (χ4n) is 1.41. The lowest BCUT2D eigenvalue weighted by Crippen LogP contribution is -2.21. The van der Waals surface area contributed by atoms with Crippen molar-refractivity contribution in [3.8, 4) is 0 Å². The number of hydrogen-bond donors (Lipinski definition) is 1. The second-order valence-electron chi connectivity index (χ2n) is 3.54. The van der Waals surface area contributed by atoms with Crippen molar-refractivity contribution in [3.63, 3.8) is 0 Å². The van der Waals surface area contributed by atoms with Crippen molar-refractivity contribution in [1.29, 1.82) is 0 Å². The Labute approximate surface area is 84.7 Å². The van der Waals surface area contributed by atoms with Gasteiger partial charge >= 0.3 is 0 Å². The van der Waals surface area contributed by atoms with Gasteiger partial charge in [0.2, 0.25) is 0 Å². The first-order valence-corrected chi connectivity index (χ1v) is 4.61. The summed E-state index contributed by atoms with van der Waals surface area (Å²) in [6, 6.07) is 10.0. The van der Waals surface area contributed by atoms with E-state index in [-0.39, 0.29) is 5.92 Å². The summed E-state index contributed by atoms with van der Waals surface area (Å²) >= 11 is 0. The number of rotatable bonds is 4. The Kier molecular flexibility index (Phi) is 4.13. The number of hydrogen-bond acceptors (Lipinski definition) is 3. The molecule has 0 spiro atoms. The lowest BCUT2D eigenvalue weighted by atomic mass is 10.0. The van der Waals surface area contributed by atoms with Crippen molar-refractivity contribution < 1.29 is 5.21 Å². The third-order valence-electron chi connectivity index (χ3n) is 2.04. The van der Waals surface area contributed by atoms with Crippen molar-refractivity contribution in [2.24, 2.45) is 5.16 Å². The minimum Gasteiger partial charge on any atom is -0.411 e. The van der Waals surface area contributed by atoms with Crippen LogP contribution >= 0.6 is 0 Å². The van der Waals surface area contributed by atoms with Gasteiger partial charge in [-0.15, -0.1) is 5.16 Å². The molecule has 0 saturated heterocycles. The van der Waals surface area contributed by atoms with Gasteiger partial charge in [0, 0.05) is 12.5 Å². The summed E-state index contributed by atoms with van der Waals surface area (Å²) in [6.45, 7) is 0.841. The van der Waals surface area contributed by atoms with E-state index in [1.807, 2.05) is 44.4 Å². The lowest BCUT2D eigenvalue weighted by molar-refractivity contribution is 0.317. The third kappa shape index (κ3) is 3.18. The van der Waals surface area contributed by atoms with Gasteiger partial charge in [0.1, 0.15) is 0 Å². The molecule has 1 atom stereocenters. The normalized spacial score (nSPS) is 13.6. The first-order chi connectivity index (χ1) is 6.74. The van der Waals surface area contributed by atoms with Crippen molar-refractivity contribution in [3.05, 3.63) is 35.9 Å². The molecule has 0 aliphatic rings. The first kappa shape index (κ1) is 10.7. The predicted molar refractivity (Wildman–Crippen MR) is 58.0 cm³/mol. The molecule has 0 amide bonds. The van der Waals surface area contributed by atoms with Crippen LogP contribution in [0.2, 0.25) is 0 Å². The van der Waals surface area contributed by atoms with Gasteiger partial charge in [-0.25, -0.2) is 0 Å². The first-order valence-electron chi connectivity index (χ1n) is 4.61. The molecular weight excluding hydrogens is 176 g/mol. The molecule has 1 rings (SSSR count). The summed E-state index contributed by atoms with van der Waals surface area (Å²) in [5.41, 5.74) is 1.17. The van der Waals surface area contributed by atoms with Crippen LogP contribution in [0.15, 0.2) is 35.5 Å². The fourth-order valence-corrected chi connectivity index (χ4v) is 1.41. The van der Waals surface area contributed by atoms with Crippen LogP contribution in [0.5, 0.6) is 0 Å². The summed E-state index contributed by atoms with van der Waals surface area (Å²) in [5, 5.41) is 11.7. The highest BCUT2D eigenvalue weighted by Crippen LogP contribution is 2.13. The van der Waals surface area contributed by atoms with Gasteiger partial charge in [-0.3, -0.25) is 0 Å². The Bertz CT molecular complexity index is 283. The highest BCUT2D eigenvalue weighted by Gasteiger charge is 2.09. The molecule has 14 heavy (non-hydrogen) atoms. The predicted octanol–water partition coefficient (Wildman–Crippen LogP) is 1.79. The minimum absolute atomic E-state index is 0.149. The van der Waals surface area contributed by atoms with Crippen LogP contribution in [0.4, 0.5) is 0 Å². The molecule has 3 heteroatoms. The highest BCUT2D eigenvalue weighted by atomic mass is 16.4. The molecule has 0 fully saturated rings. The Hall–Kier alpha value is -1.35. The SMILES string of the molecule is CN(C)CC(C=NO)c1ccccc1. The third-order valence-corrected chi connectivity index (χ3v) is 2.04. The second kappa shape index (κ2) is 5.40. The number of oxime groups is 1. The molecule has 76 valence electrons. The number of likely N-dealkylation sites (N-methyl/N-ethyl adjacent to an activating group) is 1. The maximum absolute atomic E-state index is 8.56. The molecule has 3 nitrogen and oxygen atoms in total. The largest absolute Gasteiger partial charge is 0.411 e. The Morgan fingerprint density at radius 3 is 2.50 bits per heavy atom. The van der Waals surface area contributed by atoms with E-state index >= 15 is 0 Å². The second-order valence-corrected chi connectivity index (χ2v) is 3.54. The van der Waals surface area contributed by atoms with Crippen LogP contribution in [0.3, 0.4) is 0 Å². The van der Waals surface area contributed by atoms with Gasteiger partial charge in [-0.1, -0.05) is 30.3 Å². The number of nitrogens with zero attached hydrogens (tertiary/aromatic N) is 2. The van der Waals surface area contributed by atoms with Crippen molar-refractivity contribution in [1.82, 2.24) is 4.90 Å². The van der Waals surface area contributed by atoms with Crippen LogP contribution < -0.4 is 0 Å². The topological polar surface area (TPSA) is 35.8 Å². The van der Waals surface area contributed by atoms with Crippen molar-refractivity contribution >= 4 is 6.21 Å². The molecule has 0 aliphatic carbocycles. The van der Waals surface area contributed by atoms with Crippen LogP contribution in [-0.4, -0.2) is 37.0 Å². The van der Waals surface area contributed by atoms with Gasteiger partial charge in [0.15, 0.2) is 0 Å². The van der Waals surface area contributed by atoms with Crippen molar-refractivity contribution in [2.75, 3.05) is 20.6 Å². The summed E-state index contributed by atoms with van der Waals surface area (Å²) in [4.78, 5) is 2.07. The summed E-state index contributed by atoms with van der Waals surface area (Å²) in [7, 11) is 4.00. The van der Waals surface area contributed by atoms with Gasteiger partial charge in [0.05, 0.1) is 6.21 Å². The zero-order valence-electron chi connectivity index (χ0n) is 8.59. The molecule has 0 radical (unpaired) electrons. The number of benzene rings is 1. The van der Waals surface area contributed by atoms with Gasteiger partial charge in [-0.2, -0.15) is 0 Å². The van der Waals surface area contributed by atoms with E-state index in [2.05, 4.69) is 10.1 Å². The quantitative estimate of drug-likeness (QED) is 0.448. The molecule has 0 aromatic heterocycles. The van der Waals surface area contributed by atoms with Gasteiger partial charge < -0.3 is 10.1 Å². The van der Waals surface area contributed by atoms with E-state index in [1.54, 1.807) is 6.21 Å². The molecule has 0 heterocycles. The molecular formula is C11H16N2O. The smallest absolute Gasteiger partial charge is 0.0523 e. The average molecular weight is 192 g/mol. The summed E-state index contributed by atoms with van der Waals surface area (Å²) < 4.78 is 0. The molecule has 1 aromatic carbocycles. The Morgan fingerprint density at radius 2 is 2.00 bits per heavy atom. The van der Waals surface area contributed by atoms with Crippen LogP contribution in [0.25, 0.3) is 0 Å². The highest BCUT2D eigenvalue weighted by molar-refractivity contribution is 5.67. The summed E-state index contributed by atoms with van der Waals surface area (Å²) in [6.07, 6.45) is 1.56. The minimum atomic E-state index is 0.149. The van der Waals surface area contributed by atoms with E-state index in [0.29, 0.717) is 0 Å². The molecule has 0 bridgehead atoms. The standard InChI is InChI=1S/C11H16N2O/c1-13(2)9-11(8-12-14)10-6-4-3-5-7-10/h3-8,11,14H,9H2,1-2H3. The fraction of sp³-hybridized carbons (Fsp3) is 0.364. The zero-order valence-corrected chi connectivity index (χ0v) is 8.59. The van der Waals surface area contributed by atoms with E-state index in [9.17, 15) is 0 Å². The zero-order chi connectivity index (χ0) is 10.4. The molecule has 1 unspecified atom stereocenters. The van der Waals surface area contributed by atoms with Crippen LogP contribution in [-0.2, 0) is 0 Å². The maximum atomic E-state index is 8.56. The van der Waals surface area contributed by atoms with Crippen LogP contribution in [0.1, 0.15) is 11.5 Å². The van der Waals surface area contributed by atoms with Crippen molar-refractivity contribution in [2.45, 2.75) is 5.92 Å². The Morgan fingerprint density at radius 1 is 1.36 bits per heavy atom. The Balaban J connectivity index is 2.78. The van der Waals surface area contributed by atoms with Gasteiger partial charge in [-0.05, 0) is 19.7 Å². The van der Waals surface area contributed by atoms with Gasteiger partial charge in [0.25, 0.3) is 0 Å². The van der Waals surface area contributed by atoms with E-state index in [1.165, 1.54) is 5.56 Å². The molecule has 1 aromatic rings. The van der Waals surface area contributed by atoms with E-state index < -0.39 is 0 Å². The van der Waals surface area contributed by atoms with Crippen LogP contribution in [0, 0.1) is 0 Å². The summed E-state index contributed by atoms with van der Waals surface area (Å²) in [5.74, 6) is 0.149. The monoisotopic (exact) mass is 192 g/mol.